The molecule has 0 bridgehead atoms. The molecular formula is C17H15F2N3. The van der Waals surface area contributed by atoms with Crippen molar-refractivity contribution in [3.8, 4) is 11.1 Å². The highest BCUT2D eigenvalue weighted by molar-refractivity contribution is 5.90. The highest BCUT2D eigenvalue weighted by Gasteiger charge is 2.12. The summed E-state index contributed by atoms with van der Waals surface area (Å²) in [6.07, 6.45) is 0. The zero-order valence-electron chi connectivity index (χ0n) is 12.3. The molecule has 0 amide bonds. The number of benzene rings is 2. The van der Waals surface area contributed by atoms with Gasteiger partial charge in [0.2, 0.25) is 0 Å². The van der Waals surface area contributed by atoms with Crippen LogP contribution in [0.25, 0.3) is 22.0 Å². The van der Waals surface area contributed by atoms with Gasteiger partial charge in [-0.1, -0.05) is 6.07 Å². The fraction of sp³-hybridized carbons (Fsp3) is 0.118. The summed E-state index contributed by atoms with van der Waals surface area (Å²) < 4.78 is 27.0. The van der Waals surface area contributed by atoms with Crippen molar-refractivity contribution in [1.82, 2.24) is 4.98 Å². The van der Waals surface area contributed by atoms with Crippen LogP contribution in [0, 0.1) is 11.6 Å². The average Bonchev–Trinajstić information content (AvgIpc) is 2.46. The molecule has 0 saturated heterocycles. The second kappa shape index (κ2) is 5.26. The van der Waals surface area contributed by atoms with Crippen LogP contribution in [0.15, 0.2) is 42.5 Å². The van der Waals surface area contributed by atoms with Crippen molar-refractivity contribution < 1.29 is 8.78 Å². The van der Waals surface area contributed by atoms with Crippen LogP contribution in [0.5, 0.6) is 0 Å². The number of nitrogens with two attached hydrogens (primary N) is 1. The summed E-state index contributed by atoms with van der Waals surface area (Å²) in [6.45, 7) is 0. The van der Waals surface area contributed by atoms with Gasteiger partial charge in [-0.25, -0.2) is 13.8 Å². The summed E-state index contributed by atoms with van der Waals surface area (Å²) in [5.74, 6) is -1.06. The number of nitrogens with zero attached hydrogens (tertiary/aromatic N) is 2. The zero-order valence-corrected chi connectivity index (χ0v) is 12.3. The Morgan fingerprint density at radius 3 is 2.41 bits per heavy atom. The number of hydrogen-bond donors (Lipinski definition) is 1. The van der Waals surface area contributed by atoms with Gasteiger partial charge in [0.15, 0.2) is 0 Å². The normalized spacial score (nSPS) is 10.9. The summed E-state index contributed by atoms with van der Waals surface area (Å²) >= 11 is 0. The lowest BCUT2D eigenvalue weighted by atomic mass is 10.0. The van der Waals surface area contributed by atoms with Crippen molar-refractivity contribution in [2.75, 3.05) is 24.7 Å². The Hall–Kier alpha value is -2.69. The average molecular weight is 299 g/mol. The summed E-state index contributed by atoms with van der Waals surface area (Å²) in [5.41, 5.74) is 8.40. The van der Waals surface area contributed by atoms with Gasteiger partial charge in [0.25, 0.3) is 0 Å². The molecule has 0 unspecified atom stereocenters. The molecule has 112 valence electrons. The lowest BCUT2D eigenvalue weighted by molar-refractivity contribution is 0.585. The molecule has 2 N–H and O–H groups in total. The molecule has 1 heterocycles. The van der Waals surface area contributed by atoms with Gasteiger partial charge in [-0.05, 0) is 30.3 Å². The monoisotopic (exact) mass is 299 g/mol. The molecular weight excluding hydrogens is 284 g/mol. The summed E-state index contributed by atoms with van der Waals surface area (Å²) in [4.78, 5) is 6.31. The smallest absolute Gasteiger partial charge is 0.134 e. The fourth-order valence-corrected chi connectivity index (χ4v) is 2.37. The number of fused-ring (bicyclic) bond motifs is 1. The Morgan fingerprint density at radius 2 is 1.73 bits per heavy atom. The standard InChI is InChI=1S/C17H15F2N3/c1-22(2)12-5-3-10-7-14(17(20)21-16(10)9-12)13-6-4-11(18)8-15(13)19/h3-9H,1-2H3,(H2,20,21). The first-order chi connectivity index (χ1) is 10.5. The minimum atomic E-state index is -0.655. The first-order valence-electron chi connectivity index (χ1n) is 6.79. The molecule has 3 aromatic rings. The van der Waals surface area contributed by atoms with Crippen LogP contribution < -0.4 is 10.6 Å². The zero-order chi connectivity index (χ0) is 15.9. The first kappa shape index (κ1) is 14.3. The summed E-state index contributed by atoms with van der Waals surface area (Å²) in [6, 6.07) is 11.0. The minimum absolute atomic E-state index is 0.217. The molecule has 0 aliphatic rings. The van der Waals surface area contributed by atoms with E-state index in [0.29, 0.717) is 5.56 Å². The van der Waals surface area contributed by atoms with E-state index >= 15 is 0 Å². The Balaban J connectivity index is 2.19. The van der Waals surface area contributed by atoms with Gasteiger partial charge in [0.1, 0.15) is 17.5 Å². The molecule has 0 aliphatic heterocycles. The van der Waals surface area contributed by atoms with Crippen molar-refractivity contribution in [1.29, 1.82) is 0 Å². The third-order valence-electron chi connectivity index (χ3n) is 3.57. The van der Waals surface area contributed by atoms with Crippen molar-refractivity contribution in [2.24, 2.45) is 0 Å². The second-order valence-electron chi connectivity index (χ2n) is 5.32. The fourth-order valence-electron chi connectivity index (χ4n) is 2.37. The molecule has 3 nitrogen and oxygen atoms in total. The molecule has 0 aliphatic carbocycles. The number of pyridine rings is 1. The highest BCUT2D eigenvalue weighted by Crippen LogP contribution is 2.31. The molecule has 2 aromatic carbocycles. The summed E-state index contributed by atoms with van der Waals surface area (Å²) in [5, 5.41) is 0.846. The maximum atomic E-state index is 14.0. The topological polar surface area (TPSA) is 42.1 Å². The predicted octanol–water partition coefficient (Wildman–Crippen LogP) is 3.83. The third-order valence-corrected chi connectivity index (χ3v) is 3.57. The maximum absolute atomic E-state index is 14.0. The molecule has 3 rings (SSSR count). The van der Waals surface area contributed by atoms with Crippen LogP contribution in [0.1, 0.15) is 0 Å². The van der Waals surface area contributed by atoms with Crippen LogP contribution >= 0.6 is 0 Å². The van der Waals surface area contributed by atoms with Gasteiger partial charge in [-0.15, -0.1) is 0 Å². The van der Waals surface area contributed by atoms with E-state index in [0.717, 1.165) is 22.7 Å². The highest BCUT2D eigenvalue weighted by atomic mass is 19.1. The van der Waals surface area contributed by atoms with Crippen molar-refractivity contribution in [3.63, 3.8) is 0 Å². The van der Waals surface area contributed by atoms with E-state index in [-0.39, 0.29) is 11.4 Å². The number of aromatic nitrogens is 1. The Bertz CT molecular complexity index is 860. The number of anilines is 2. The Labute approximate surface area is 127 Å². The molecule has 0 atom stereocenters. The predicted molar refractivity (Wildman–Crippen MR) is 85.8 cm³/mol. The second-order valence-corrected chi connectivity index (χ2v) is 5.32. The number of rotatable bonds is 2. The van der Waals surface area contributed by atoms with E-state index in [1.165, 1.54) is 12.1 Å². The van der Waals surface area contributed by atoms with Gasteiger partial charge < -0.3 is 10.6 Å². The summed E-state index contributed by atoms with van der Waals surface area (Å²) in [7, 11) is 3.87. The van der Waals surface area contributed by atoms with Gasteiger partial charge >= 0.3 is 0 Å². The lowest BCUT2D eigenvalue weighted by Gasteiger charge is -2.14. The van der Waals surface area contributed by atoms with E-state index in [9.17, 15) is 8.78 Å². The van der Waals surface area contributed by atoms with E-state index in [1.807, 2.05) is 37.2 Å². The Morgan fingerprint density at radius 1 is 0.955 bits per heavy atom. The molecule has 0 spiro atoms. The minimum Gasteiger partial charge on any atom is -0.383 e. The number of hydrogen-bond acceptors (Lipinski definition) is 3. The van der Waals surface area contributed by atoms with E-state index in [1.54, 1.807) is 6.07 Å². The Kier molecular flexibility index (Phi) is 3.41. The molecule has 5 heteroatoms. The van der Waals surface area contributed by atoms with Gasteiger partial charge in [0, 0.05) is 42.4 Å². The van der Waals surface area contributed by atoms with E-state index in [4.69, 9.17) is 5.73 Å². The SMILES string of the molecule is CN(C)c1ccc2cc(-c3ccc(F)cc3F)c(N)nc2c1. The third kappa shape index (κ3) is 2.45. The molecule has 0 fully saturated rings. The van der Waals surface area contributed by atoms with Gasteiger partial charge in [-0.3, -0.25) is 0 Å². The lowest BCUT2D eigenvalue weighted by Crippen LogP contribution is -2.08. The number of nitrogen functional groups attached to an aromatic ring is 1. The first-order valence-corrected chi connectivity index (χ1v) is 6.79. The van der Waals surface area contributed by atoms with E-state index < -0.39 is 11.6 Å². The van der Waals surface area contributed by atoms with Crippen molar-refractivity contribution >= 4 is 22.4 Å². The maximum Gasteiger partial charge on any atom is 0.134 e. The van der Waals surface area contributed by atoms with Crippen molar-refractivity contribution in [3.05, 3.63) is 54.1 Å². The molecule has 22 heavy (non-hydrogen) atoms. The van der Waals surface area contributed by atoms with Crippen LogP contribution in [0.3, 0.4) is 0 Å². The van der Waals surface area contributed by atoms with Crippen LogP contribution in [0.2, 0.25) is 0 Å². The van der Waals surface area contributed by atoms with Gasteiger partial charge in [-0.2, -0.15) is 0 Å². The van der Waals surface area contributed by atoms with Crippen LogP contribution in [-0.2, 0) is 0 Å². The van der Waals surface area contributed by atoms with Gasteiger partial charge in [0.05, 0.1) is 5.52 Å². The molecule has 0 radical (unpaired) electrons. The van der Waals surface area contributed by atoms with Crippen molar-refractivity contribution in [2.45, 2.75) is 0 Å². The largest absolute Gasteiger partial charge is 0.383 e. The van der Waals surface area contributed by atoms with E-state index in [2.05, 4.69) is 4.98 Å². The quantitative estimate of drug-likeness (QED) is 0.782. The van der Waals surface area contributed by atoms with Crippen LogP contribution in [0.4, 0.5) is 20.3 Å². The molecule has 1 aromatic heterocycles. The molecule has 0 saturated carbocycles. The number of halogens is 2. The van der Waals surface area contributed by atoms with Crippen LogP contribution in [-0.4, -0.2) is 19.1 Å².